The Bertz CT molecular complexity index is 517. The van der Waals surface area contributed by atoms with E-state index in [1.165, 1.54) is 6.07 Å². The minimum Gasteiger partial charge on any atom is -0.481 e. The Labute approximate surface area is 110 Å². The van der Waals surface area contributed by atoms with E-state index in [2.05, 4.69) is 5.32 Å². The van der Waals surface area contributed by atoms with Gasteiger partial charge >= 0.3 is 5.97 Å². The van der Waals surface area contributed by atoms with E-state index in [1.54, 1.807) is 12.1 Å². The standard InChI is InChI=1S/C14H15FN2O2/c15-12-7-9(8-16)1-6-13(12)17-11-4-2-10(3-5-11)14(18)19/h1,6-7,10-11,17H,2-5H2,(H,18,19). The largest absolute Gasteiger partial charge is 0.481 e. The van der Waals surface area contributed by atoms with Crippen LogP contribution in [0.15, 0.2) is 18.2 Å². The fourth-order valence-electron chi connectivity index (χ4n) is 2.41. The Morgan fingerprint density at radius 1 is 1.37 bits per heavy atom. The maximum atomic E-state index is 13.7. The molecule has 0 unspecified atom stereocenters. The van der Waals surface area contributed by atoms with Crippen LogP contribution in [0.25, 0.3) is 0 Å². The molecule has 2 rings (SSSR count). The highest BCUT2D eigenvalue weighted by atomic mass is 19.1. The van der Waals surface area contributed by atoms with Crippen molar-refractivity contribution in [2.75, 3.05) is 5.32 Å². The second-order valence-electron chi connectivity index (χ2n) is 4.84. The topological polar surface area (TPSA) is 73.1 Å². The number of hydrogen-bond acceptors (Lipinski definition) is 3. The monoisotopic (exact) mass is 262 g/mol. The summed E-state index contributed by atoms with van der Waals surface area (Å²) in [6, 6.07) is 6.30. The third-order valence-electron chi connectivity index (χ3n) is 3.53. The average molecular weight is 262 g/mol. The van der Waals surface area contributed by atoms with Gasteiger partial charge in [0.25, 0.3) is 0 Å². The van der Waals surface area contributed by atoms with Crippen molar-refractivity contribution in [3.63, 3.8) is 0 Å². The van der Waals surface area contributed by atoms with Gasteiger partial charge < -0.3 is 10.4 Å². The molecule has 100 valence electrons. The van der Waals surface area contributed by atoms with Gasteiger partial charge in [-0.1, -0.05) is 0 Å². The summed E-state index contributed by atoms with van der Waals surface area (Å²) in [6.07, 6.45) is 2.67. The minimum atomic E-state index is -0.747. The molecule has 0 heterocycles. The normalized spacial score (nSPS) is 22.5. The molecule has 1 fully saturated rings. The number of nitrogens with zero attached hydrogens (tertiary/aromatic N) is 1. The first-order chi connectivity index (χ1) is 9.10. The quantitative estimate of drug-likeness (QED) is 0.878. The number of aliphatic carboxylic acids is 1. The van der Waals surface area contributed by atoms with Gasteiger partial charge in [-0.25, -0.2) is 4.39 Å². The number of nitriles is 1. The van der Waals surface area contributed by atoms with Crippen molar-refractivity contribution >= 4 is 11.7 Å². The summed E-state index contributed by atoms with van der Waals surface area (Å²) in [6.45, 7) is 0. The highest BCUT2D eigenvalue weighted by Gasteiger charge is 2.26. The predicted molar refractivity (Wildman–Crippen MR) is 68.1 cm³/mol. The van der Waals surface area contributed by atoms with Gasteiger partial charge in [-0.2, -0.15) is 5.26 Å². The SMILES string of the molecule is N#Cc1ccc(NC2CCC(C(=O)O)CC2)c(F)c1. The lowest BCUT2D eigenvalue weighted by Gasteiger charge is -2.27. The molecule has 5 heteroatoms. The van der Waals surface area contributed by atoms with Crippen molar-refractivity contribution < 1.29 is 14.3 Å². The number of rotatable bonds is 3. The number of carbonyl (C=O) groups is 1. The molecule has 0 atom stereocenters. The Morgan fingerprint density at radius 3 is 2.58 bits per heavy atom. The van der Waals surface area contributed by atoms with Crippen molar-refractivity contribution in [3.8, 4) is 6.07 Å². The van der Waals surface area contributed by atoms with Crippen LogP contribution in [-0.2, 0) is 4.79 Å². The van der Waals surface area contributed by atoms with E-state index < -0.39 is 11.8 Å². The third kappa shape index (κ3) is 3.22. The van der Waals surface area contributed by atoms with E-state index in [9.17, 15) is 9.18 Å². The van der Waals surface area contributed by atoms with Crippen molar-refractivity contribution in [1.29, 1.82) is 5.26 Å². The van der Waals surface area contributed by atoms with Gasteiger partial charge in [0.05, 0.1) is 23.2 Å². The Hall–Kier alpha value is -2.09. The van der Waals surface area contributed by atoms with Crippen LogP contribution in [0.3, 0.4) is 0 Å². The first-order valence-electron chi connectivity index (χ1n) is 6.29. The molecular weight excluding hydrogens is 247 g/mol. The molecule has 2 N–H and O–H groups in total. The van der Waals surface area contributed by atoms with Gasteiger partial charge in [-0.05, 0) is 43.9 Å². The number of anilines is 1. The van der Waals surface area contributed by atoms with Crippen LogP contribution in [0.5, 0.6) is 0 Å². The van der Waals surface area contributed by atoms with Crippen LogP contribution in [-0.4, -0.2) is 17.1 Å². The van der Waals surface area contributed by atoms with Crippen LogP contribution >= 0.6 is 0 Å². The highest BCUT2D eigenvalue weighted by Crippen LogP contribution is 2.27. The lowest BCUT2D eigenvalue weighted by atomic mass is 9.86. The molecule has 1 saturated carbocycles. The molecule has 0 aliphatic heterocycles. The number of benzene rings is 1. The summed E-state index contributed by atoms with van der Waals surface area (Å²) in [5.41, 5.74) is 0.662. The zero-order valence-electron chi connectivity index (χ0n) is 10.4. The van der Waals surface area contributed by atoms with E-state index in [-0.39, 0.29) is 17.5 Å². The van der Waals surface area contributed by atoms with Crippen molar-refractivity contribution in [3.05, 3.63) is 29.6 Å². The smallest absolute Gasteiger partial charge is 0.306 e. The van der Waals surface area contributed by atoms with Gasteiger partial charge in [0.15, 0.2) is 0 Å². The maximum absolute atomic E-state index is 13.7. The number of nitrogens with one attached hydrogen (secondary N) is 1. The minimum absolute atomic E-state index is 0.0954. The number of carboxylic acid groups (broad SMARTS) is 1. The highest BCUT2D eigenvalue weighted by molar-refractivity contribution is 5.70. The number of hydrogen-bond donors (Lipinski definition) is 2. The maximum Gasteiger partial charge on any atom is 0.306 e. The second-order valence-corrected chi connectivity index (χ2v) is 4.84. The Kier molecular flexibility index (Phi) is 4.00. The van der Waals surface area contributed by atoms with E-state index >= 15 is 0 Å². The molecule has 1 aromatic carbocycles. The summed E-state index contributed by atoms with van der Waals surface area (Å²) in [7, 11) is 0. The molecular formula is C14H15FN2O2. The van der Waals surface area contributed by atoms with Crippen molar-refractivity contribution in [2.24, 2.45) is 5.92 Å². The first kappa shape index (κ1) is 13.3. The van der Waals surface area contributed by atoms with Crippen LogP contribution in [0.4, 0.5) is 10.1 Å². The fraction of sp³-hybridized carbons (Fsp3) is 0.429. The summed E-state index contributed by atoms with van der Waals surface area (Å²) in [5, 5.41) is 20.7. The number of carboxylic acids is 1. The molecule has 19 heavy (non-hydrogen) atoms. The van der Waals surface area contributed by atoms with Crippen molar-refractivity contribution in [1.82, 2.24) is 0 Å². The van der Waals surface area contributed by atoms with Gasteiger partial charge in [-0.3, -0.25) is 4.79 Å². The van der Waals surface area contributed by atoms with Crippen LogP contribution in [0.1, 0.15) is 31.2 Å². The summed E-state index contributed by atoms with van der Waals surface area (Å²) < 4.78 is 13.7. The predicted octanol–water partition coefficient (Wildman–Crippen LogP) is 2.75. The fourth-order valence-corrected chi connectivity index (χ4v) is 2.41. The van der Waals surface area contributed by atoms with Crippen LogP contribution in [0, 0.1) is 23.1 Å². The molecule has 0 bridgehead atoms. The number of halogens is 1. The van der Waals surface area contributed by atoms with Crippen molar-refractivity contribution in [2.45, 2.75) is 31.7 Å². The van der Waals surface area contributed by atoms with Gasteiger partial charge in [0, 0.05) is 6.04 Å². The Balaban J connectivity index is 1.96. The zero-order chi connectivity index (χ0) is 13.8. The second kappa shape index (κ2) is 5.70. The van der Waals surface area contributed by atoms with E-state index in [0.29, 0.717) is 18.5 Å². The Morgan fingerprint density at radius 2 is 2.05 bits per heavy atom. The molecule has 0 aromatic heterocycles. The van der Waals surface area contributed by atoms with Gasteiger partial charge in [0.1, 0.15) is 5.82 Å². The molecule has 4 nitrogen and oxygen atoms in total. The van der Waals surface area contributed by atoms with Gasteiger partial charge in [0.2, 0.25) is 0 Å². The van der Waals surface area contributed by atoms with E-state index in [0.717, 1.165) is 12.8 Å². The lowest BCUT2D eigenvalue weighted by molar-refractivity contribution is -0.142. The molecule has 0 spiro atoms. The van der Waals surface area contributed by atoms with E-state index in [4.69, 9.17) is 10.4 Å². The molecule has 1 aliphatic rings. The molecule has 0 saturated heterocycles. The lowest BCUT2D eigenvalue weighted by Crippen LogP contribution is -2.29. The average Bonchev–Trinajstić information content (AvgIpc) is 2.41. The molecule has 1 aliphatic carbocycles. The van der Waals surface area contributed by atoms with Crippen LogP contribution in [0.2, 0.25) is 0 Å². The molecule has 0 radical (unpaired) electrons. The molecule has 0 amide bonds. The van der Waals surface area contributed by atoms with Crippen LogP contribution < -0.4 is 5.32 Å². The summed E-state index contributed by atoms with van der Waals surface area (Å²) in [5.74, 6) is -1.47. The third-order valence-corrected chi connectivity index (χ3v) is 3.53. The van der Waals surface area contributed by atoms with E-state index in [1.807, 2.05) is 6.07 Å². The first-order valence-corrected chi connectivity index (χ1v) is 6.29. The molecule has 1 aromatic rings. The summed E-state index contributed by atoms with van der Waals surface area (Å²) >= 11 is 0. The van der Waals surface area contributed by atoms with Gasteiger partial charge in [-0.15, -0.1) is 0 Å². The zero-order valence-corrected chi connectivity index (χ0v) is 10.4. The summed E-state index contributed by atoms with van der Waals surface area (Å²) in [4.78, 5) is 10.8.